The predicted octanol–water partition coefficient (Wildman–Crippen LogP) is 1.56. The molecule has 76 valence electrons. The molecule has 2 N–H and O–H groups in total. The summed E-state index contributed by atoms with van der Waals surface area (Å²) in [6.07, 6.45) is 7.42. The molecule has 3 nitrogen and oxygen atoms in total. The molecule has 5 heteroatoms. The van der Waals surface area contributed by atoms with Crippen molar-refractivity contribution in [1.29, 1.82) is 0 Å². The van der Waals surface area contributed by atoms with Gasteiger partial charge in [-0.3, -0.25) is 0 Å². The lowest BCUT2D eigenvalue weighted by molar-refractivity contribution is 0.689. The van der Waals surface area contributed by atoms with Crippen LogP contribution in [-0.4, -0.2) is 16.1 Å². The molecule has 0 radical (unpaired) electrons. The number of hydrogen-bond acceptors (Lipinski definition) is 2. The summed E-state index contributed by atoms with van der Waals surface area (Å²) in [6, 6.07) is 0.735. The van der Waals surface area contributed by atoms with Gasteiger partial charge in [-0.05, 0) is 19.4 Å². The maximum Gasteiger partial charge on any atom is 0.0950 e. The second-order valence-corrected chi connectivity index (χ2v) is 3.06. The van der Waals surface area contributed by atoms with Crippen molar-refractivity contribution in [2.24, 2.45) is 5.73 Å². The lowest BCUT2D eigenvalue weighted by Gasteiger charge is -2.03. The van der Waals surface area contributed by atoms with Crippen LogP contribution in [0.2, 0.25) is 0 Å². The van der Waals surface area contributed by atoms with E-state index in [-0.39, 0.29) is 24.8 Å². The third kappa shape index (κ3) is 2.86. The number of hydrogen-bond donors (Lipinski definition) is 1. The second kappa shape index (κ2) is 5.47. The van der Waals surface area contributed by atoms with Gasteiger partial charge >= 0.3 is 0 Å². The molecule has 0 atom stereocenters. The van der Waals surface area contributed by atoms with E-state index in [1.54, 1.807) is 0 Å². The number of aromatic nitrogens is 2. The van der Waals surface area contributed by atoms with Crippen LogP contribution in [0.4, 0.5) is 0 Å². The summed E-state index contributed by atoms with van der Waals surface area (Å²) in [5.41, 5.74) is 6.76. The molecule has 0 aliphatic heterocycles. The highest BCUT2D eigenvalue weighted by atomic mass is 35.5. The molecule has 1 aliphatic rings. The number of rotatable bonds is 3. The van der Waals surface area contributed by atoms with E-state index >= 15 is 0 Å². The van der Waals surface area contributed by atoms with E-state index < -0.39 is 0 Å². The minimum atomic E-state index is 0. The van der Waals surface area contributed by atoms with Crippen LogP contribution in [0.3, 0.4) is 0 Å². The topological polar surface area (TPSA) is 43.8 Å². The summed E-state index contributed by atoms with van der Waals surface area (Å²) < 4.78 is 2.26. The van der Waals surface area contributed by atoms with Crippen LogP contribution in [0.5, 0.6) is 0 Å². The molecule has 0 unspecified atom stereocenters. The van der Waals surface area contributed by atoms with E-state index in [4.69, 9.17) is 5.73 Å². The Morgan fingerprint density at radius 3 is 2.69 bits per heavy atom. The highest BCUT2D eigenvalue weighted by molar-refractivity contribution is 5.85. The zero-order chi connectivity index (χ0) is 7.68. The number of halogens is 2. The van der Waals surface area contributed by atoms with Gasteiger partial charge in [0, 0.05) is 24.4 Å². The fourth-order valence-electron chi connectivity index (χ4n) is 1.36. The molecular weight excluding hydrogens is 209 g/mol. The summed E-state index contributed by atoms with van der Waals surface area (Å²) in [7, 11) is 0. The minimum absolute atomic E-state index is 0. The van der Waals surface area contributed by atoms with E-state index in [1.165, 1.54) is 18.5 Å². The first-order valence-electron chi connectivity index (χ1n) is 4.12. The normalized spacial score (nSPS) is 14.5. The van der Waals surface area contributed by atoms with Crippen molar-refractivity contribution in [3.63, 3.8) is 0 Å². The second-order valence-electron chi connectivity index (χ2n) is 3.06. The fourth-order valence-corrected chi connectivity index (χ4v) is 1.36. The number of nitrogens with zero attached hydrogens (tertiary/aromatic N) is 2. The van der Waals surface area contributed by atoms with Gasteiger partial charge in [0.05, 0.1) is 6.33 Å². The van der Waals surface area contributed by atoms with Crippen LogP contribution in [0, 0.1) is 0 Å². The average molecular weight is 224 g/mol. The quantitative estimate of drug-likeness (QED) is 0.846. The predicted molar refractivity (Wildman–Crippen MR) is 57.8 cm³/mol. The van der Waals surface area contributed by atoms with Gasteiger partial charge in [0.1, 0.15) is 0 Å². The SMILES string of the molecule is Cl.Cl.NCCc1cncn1C1CC1. The first-order chi connectivity index (χ1) is 5.42. The number of imidazole rings is 1. The molecule has 0 amide bonds. The lowest BCUT2D eigenvalue weighted by Crippen LogP contribution is -2.07. The van der Waals surface area contributed by atoms with Crippen LogP contribution in [0.1, 0.15) is 24.6 Å². The summed E-state index contributed by atoms with van der Waals surface area (Å²) in [4.78, 5) is 4.11. The van der Waals surface area contributed by atoms with E-state index in [9.17, 15) is 0 Å². The third-order valence-corrected chi connectivity index (χ3v) is 2.09. The lowest BCUT2D eigenvalue weighted by atomic mass is 10.3. The summed E-state index contributed by atoms with van der Waals surface area (Å²) in [5, 5.41) is 0. The van der Waals surface area contributed by atoms with Crippen LogP contribution >= 0.6 is 24.8 Å². The molecule has 0 spiro atoms. The Labute approximate surface area is 90.5 Å². The van der Waals surface area contributed by atoms with E-state index in [1.807, 2.05) is 12.5 Å². The third-order valence-electron chi connectivity index (χ3n) is 2.09. The van der Waals surface area contributed by atoms with E-state index in [0.29, 0.717) is 0 Å². The van der Waals surface area contributed by atoms with Crippen LogP contribution in [0.15, 0.2) is 12.5 Å². The summed E-state index contributed by atoms with van der Waals surface area (Å²) in [5.74, 6) is 0. The molecule has 0 aromatic carbocycles. The highest BCUT2D eigenvalue weighted by Crippen LogP contribution is 2.35. The van der Waals surface area contributed by atoms with Crippen molar-refractivity contribution in [1.82, 2.24) is 9.55 Å². The van der Waals surface area contributed by atoms with Crippen molar-refractivity contribution < 1.29 is 0 Å². The molecule has 1 aromatic rings. The van der Waals surface area contributed by atoms with Gasteiger partial charge in [-0.1, -0.05) is 0 Å². The molecule has 1 aromatic heterocycles. The maximum atomic E-state index is 5.47. The highest BCUT2D eigenvalue weighted by Gasteiger charge is 2.24. The molecule has 1 saturated carbocycles. The van der Waals surface area contributed by atoms with Crippen LogP contribution in [-0.2, 0) is 6.42 Å². The first-order valence-corrected chi connectivity index (χ1v) is 4.12. The Bertz CT molecular complexity index is 245. The van der Waals surface area contributed by atoms with Gasteiger partial charge in [-0.2, -0.15) is 0 Å². The monoisotopic (exact) mass is 223 g/mol. The maximum absolute atomic E-state index is 5.47. The Kier molecular flexibility index (Phi) is 5.37. The molecule has 1 aliphatic carbocycles. The Balaban J connectivity index is 0.000000720. The summed E-state index contributed by atoms with van der Waals surface area (Å²) >= 11 is 0. The van der Waals surface area contributed by atoms with Gasteiger partial charge in [-0.25, -0.2) is 4.98 Å². The van der Waals surface area contributed by atoms with Crippen LogP contribution < -0.4 is 5.73 Å². The van der Waals surface area contributed by atoms with Crippen molar-refractivity contribution in [2.75, 3.05) is 6.54 Å². The van der Waals surface area contributed by atoms with Crippen molar-refractivity contribution >= 4 is 24.8 Å². The molecule has 0 saturated heterocycles. The van der Waals surface area contributed by atoms with Gasteiger partial charge in [0.2, 0.25) is 0 Å². The van der Waals surface area contributed by atoms with Gasteiger partial charge < -0.3 is 10.3 Å². The van der Waals surface area contributed by atoms with Gasteiger partial charge in [0.15, 0.2) is 0 Å². The molecule has 1 fully saturated rings. The average Bonchev–Trinajstić information content (AvgIpc) is 2.75. The van der Waals surface area contributed by atoms with Crippen molar-refractivity contribution in [3.8, 4) is 0 Å². The molecule has 0 bridgehead atoms. The molecule has 2 rings (SSSR count). The zero-order valence-corrected chi connectivity index (χ0v) is 8.98. The Morgan fingerprint density at radius 2 is 2.15 bits per heavy atom. The molecule has 13 heavy (non-hydrogen) atoms. The Hall–Kier alpha value is -0.250. The van der Waals surface area contributed by atoms with Gasteiger partial charge in [-0.15, -0.1) is 24.8 Å². The number of nitrogens with two attached hydrogens (primary N) is 1. The van der Waals surface area contributed by atoms with Gasteiger partial charge in [0.25, 0.3) is 0 Å². The largest absolute Gasteiger partial charge is 0.332 e. The smallest absolute Gasteiger partial charge is 0.0950 e. The molecule has 1 heterocycles. The minimum Gasteiger partial charge on any atom is -0.332 e. The van der Waals surface area contributed by atoms with E-state index in [0.717, 1.165) is 19.0 Å². The van der Waals surface area contributed by atoms with Crippen molar-refractivity contribution in [2.45, 2.75) is 25.3 Å². The first kappa shape index (κ1) is 12.8. The standard InChI is InChI=1S/C8H13N3.2ClH/c9-4-3-8-5-10-6-11(8)7-1-2-7;;/h5-7H,1-4,9H2;2*1H. The zero-order valence-electron chi connectivity index (χ0n) is 7.35. The van der Waals surface area contributed by atoms with E-state index in [2.05, 4.69) is 9.55 Å². The Morgan fingerprint density at radius 1 is 1.46 bits per heavy atom. The van der Waals surface area contributed by atoms with Crippen molar-refractivity contribution in [3.05, 3.63) is 18.2 Å². The fraction of sp³-hybridized carbons (Fsp3) is 0.625. The molecular formula is C8H15Cl2N3. The van der Waals surface area contributed by atoms with Crippen LogP contribution in [0.25, 0.3) is 0 Å². The summed E-state index contributed by atoms with van der Waals surface area (Å²) in [6.45, 7) is 0.721.